The Labute approximate surface area is 101 Å². The lowest BCUT2D eigenvalue weighted by atomic mass is 9.47. The third-order valence-electron chi connectivity index (χ3n) is 5.29. The Bertz CT molecular complexity index is 311. The van der Waals surface area contributed by atoms with Gasteiger partial charge in [-0.3, -0.25) is 4.79 Å². The van der Waals surface area contributed by atoms with E-state index in [2.05, 4.69) is 0 Å². The third-order valence-corrected chi connectivity index (χ3v) is 5.29. The van der Waals surface area contributed by atoms with Gasteiger partial charge in [0.25, 0.3) is 0 Å². The molecule has 2 heterocycles. The van der Waals surface area contributed by atoms with Gasteiger partial charge >= 0.3 is 5.97 Å². The van der Waals surface area contributed by atoms with Crippen LogP contribution >= 0.6 is 0 Å². The fraction of sp³-hybridized carbons (Fsp3) is 0.923. The molecule has 0 aromatic rings. The van der Waals surface area contributed by atoms with Crippen LogP contribution in [0.25, 0.3) is 0 Å². The average Bonchev–Trinajstić information content (AvgIpc) is 2.21. The molecule has 1 saturated carbocycles. The highest BCUT2D eigenvalue weighted by atomic mass is 16.5. The summed E-state index contributed by atoms with van der Waals surface area (Å²) in [5.74, 6) is -0.125. The molecule has 1 aliphatic carbocycles. The molecule has 3 aliphatic rings. The molecule has 0 amide bonds. The zero-order valence-corrected chi connectivity index (χ0v) is 10.1. The van der Waals surface area contributed by atoms with Gasteiger partial charge in [0, 0.05) is 18.6 Å². The van der Waals surface area contributed by atoms with Gasteiger partial charge in [0.1, 0.15) is 0 Å². The van der Waals surface area contributed by atoms with Crippen LogP contribution in [0.1, 0.15) is 32.1 Å². The largest absolute Gasteiger partial charge is 0.481 e. The van der Waals surface area contributed by atoms with Crippen LogP contribution in [0.3, 0.4) is 0 Å². The smallest absolute Gasteiger partial charge is 0.310 e. The Morgan fingerprint density at radius 1 is 1.12 bits per heavy atom. The Morgan fingerprint density at radius 2 is 1.76 bits per heavy atom. The van der Waals surface area contributed by atoms with E-state index >= 15 is 0 Å². The van der Waals surface area contributed by atoms with Gasteiger partial charge < -0.3 is 14.6 Å². The molecule has 17 heavy (non-hydrogen) atoms. The van der Waals surface area contributed by atoms with Crippen LogP contribution in [0.4, 0.5) is 0 Å². The first-order valence-corrected chi connectivity index (χ1v) is 6.60. The summed E-state index contributed by atoms with van der Waals surface area (Å²) >= 11 is 0. The van der Waals surface area contributed by atoms with Crippen molar-refractivity contribution in [2.24, 2.45) is 16.7 Å². The first-order chi connectivity index (χ1) is 8.21. The minimum atomic E-state index is -0.599. The maximum absolute atomic E-state index is 11.7. The van der Waals surface area contributed by atoms with Crippen molar-refractivity contribution < 1.29 is 19.4 Å². The standard InChI is InChI=1S/C13H20O4/c14-11(15)12(4-1-5-12)13(8-17-9-13)10-2-6-16-7-3-10/h10H,1-9H2,(H,14,15). The number of aliphatic carboxylic acids is 1. The number of hydrogen-bond acceptors (Lipinski definition) is 3. The van der Waals surface area contributed by atoms with Crippen molar-refractivity contribution in [3.8, 4) is 0 Å². The van der Waals surface area contributed by atoms with Gasteiger partial charge in [0.2, 0.25) is 0 Å². The molecule has 0 spiro atoms. The quantitative estimate of drug-likeness (QED) is 0.815. The number of hydrogen-bond donors (Lipinski definition) is 1. The van der Waals surface area contributed by atoms with Crippen LogP contribution in [0, 0.1) is 16.7 Å². The van der Waals surface area contributed by atoms with Crippen molar-refractivity contribution in [3.05, 3.63) is 0 Å². The molecule has 2 aliphatic heterocycles. The van der Waals surface area contributed by atoms with Gasteiger partial charge in [-0.15, -0.1) is 0 Å². The fourth-order valence-corrected chi connectivity index (χ4v) is 3.93. The van der Waals surface area contributed by atoms with Gasteiger partial charge in [-0.25, -0.2) is 0 Å². The number of carbonyl (C=O) groups is 1. The molecule has 3 rings (SSSR count). The van der Waals surface area contributed by atoms with Gasteiger partial charge in [-0.05, 0) is 31.6 Å². The lowest BCUT2D eigenvalue weighted by Gasteiger charge is -2.61. The minimum Gasteiger partial charge on any atom is -0.481 e. The molecule has 0 radical (unpaired) electrons. The summed E-state index contributed by atoms with van der Waals surface area (Å²) in [6, 6.07) is 0. The maximum atomic E-state index is 11.7. The number of carboxylic acids is 1. The molecule has 4 heteroatoms. The monoisotopic (exact) mass is 240 g/mol. The van der Waals surface area contributed by atoms with Crippen molar-refractivity contribution in [2.45, 2.75) is 32.1 Å². The first-order valence-electron chi connectivity index (χ1n) is 6.60. The summed E-state index contributed by atoms with van der Waals surface area (Å²) in [4.78, 5) is 11.7. The van der Waals surface area contributed by atoms with E-state index in [0.717, 1.165) is 45.3 Å². The van der Waals surface area contributed by atoms with Crippen LogP contribution in [-0.4, -0.2) is 37.5 Å². The highest BCUT2D eigenvalue weighted by Gasteiger charge is 2.66. The fourth-order valence-electron chi connectivity index (χ4n) is 3.93. The molecule has 3 fully saturated rings. The van der Waals surface area contributed by atoms with E-state index in [0.29, 0.717) is 19.1 Å². The van der Waals surface area contributed by atoms with E-state index in [1.54, 1.807) is 0 Å². The summed E-state index contributed by atoms with van der Waals surface area (Å²) < 4.78 is 10.8. The van der Waals surface area contributed by atoms with Crippen LogP contribution in [-0.2, 0) is 14.3 Å². The Kier molecular flexibility index (Phi) is 2.67. The molecule has 0 aromatic carbocycles. The van der Waals surface area contributed by atoms with Crippen molar-refractivity contribution in [3.63, 3.8) is 0 Å². The van der Waals surface area contributed by atoms with Gasteiger partial charge in [-0.2, -0.15) is 0 Å². The van der Waals surface area contributed by atoms with Gasteiger partial charge in [-0.1, -0.05) is 6.42 Å². The van der Waals surface area contributed by atoms with Crippen molar-refractivity contribution in [1.29, 1.82) is 0 Å². The first kappa shape index (κ1) is 11.5. The minimum absolute atomic E-state index is 0.0964. The van der Waals surface area contributed by atoms with Crippen molar-refractivity contribution in [1.82, 2.24) is 0 Å². The predicted molar refractivity (Wildman–Crippen MR) is 60.7 cm³/mol. The molecule has 0 aromatic heterocycles. The Hall–Kier alpha value is -0.610. The normalized spacial score (nSPS) is 31.3. The summed E-state index contributed by atoms with van der Waals surface area (Å²) in [5.41, 5.74) is -0.589. The summed E-state index contributed by atoms with van der Waals surface area (Å²) in [6.45, 7) is 2.85. The van der Waals surface area contributed by atoms with Crippen molar-refractivity contribution >= 4 is 5.97 Å². The molecule has 0 unspecified atom stereocenters. The van der Waals surface area contributed by atoms with Crippen LogP contribution in [0.2, 0.25) is 0 Å². The topological polar surface area (TPSA) is 55.8 Å². The molecule has 1 N–H and O–H groups in total. The molecular weight excluding hydrogens is 220 g/mol. The predicted octanol–water partition coefficient (Wildman–Crippen LogP) is 1.68. The summed E-state index contributed by atoms with van der Waals surface area (Å²) in [7, 11) is 0. The summed E-state index contributed by atoms with van der Waals surface area (Å²) in [5, 5.41) is 9.63. The lowest BCUT2D eigenvalue weighted by molar-refractivity contribution is -0.252. The van der Waals surface area contributed by atoms with E-state index in [9.17, 15) is 9.90 Å². The van der Waals surface area contributed by atoms with E-state index in [-0.39, 0.29) is 5.41 Å². The third kappa shape index (κ3) is 1.40. The highest BCUT2D eigenvalue weighted by molar-refractivity contribution is 5.77. The van der Waals surface area contributed by atoms with E-state index in [1.807, 2.05) is 0 Å². The number of carboxylic acid groups (broad SMARTS) is 1. The molecule has 4 nitrogen and oxygen atoms in total. The van der Waals surface area contributed by atoms with Gasteiger partial charge in [0.05, 0.1) is 18.6 Å². The van der Waals surface area contributed by atoms with Crippen LogP contribution in [0.5, 0.6) is 0 Å². The molecule has 96 valence electrons. The van der Waals surface area contributed by atoms with E-state index in [4.69, 9.17) is 9.47 Å². The zero-order chi connectivity index (χ0) is 11.9. The molecule has 0 atom stereocenters. The SMILES string of the molecule is O=C(O)C1(C2(C3CCOCC3)COC2)CCC1. The van der Waals surface area contributed by atoms with Gasteiger partial charge in [0.15, 0.2) is 0 Å². The number of ether oxygens (including phenoxy) is 2. The van der Waals surface area contributed by atoms with Crippen molar-refractivity contribution in [2.75, 3.05) is 26.4 Å². The van der Waals surface area contributed by atoms with Crippen LogP contribution < -0.4 is 0 Å². The highest BCUT2D eigenvalue weighted by Crippen LogP contribution is 2.62. The molecular formula is C13H20O4. The molecule has 2 saturated heterocycles. The van der Waals surface area contributed by atoms with E-state index in [1.165, 1.54) is 0 Å². The maximum Gasteiger partial charge on any atom is 0.310 e. The number of rotatable bonds is 3. The second kappa shape index (κ2) is 3.95. The van der Waals surface area contributed by atoms with E-state index < -0.39 is 11.4 Å². The Morgan fingerprint density at radius 3 is 2.12 bits per heavy atom. The second-order valence-electron chi connectivity index (χ2n) is 5.78. The zero-order valence-electron chi connectivity index (χ0n) is 10.1. The Balaban J connectivity index is 1.87. The second-order valence-corrected chi connectivity index (χ2v) is 5.78. The average molecular weight is 240 g/mol. The lowest BCUT2D eigenvalue weighted by Crippen LogP contribution is -2.65. The van der Waals surface area contributed by atoms with Crippen LogP contribution in [0.15, 0.2) is 0 Å². The molecule has 0 bridgehead atoms. The summed E-state index contributed by atoms with van der Waals surface area (Å²) in [6.07, 6.45) is 4.72.